The highest BCUT2D eigenvalue weighted by Gasteiger charge is 2.52. The zero-order chi connectivity index (χ0) is 18.9. The number of rotatable bonds is 2. The Balaban J connectivity index is 1.62. The second-order valence-corrected chi connectivity index (χ2v) is 8.51. The number of hydrogen-bond donors (Lipinski definition) is 2. The third-order valence-electron chi connectivity index (χ3n) is 7.09. The van der Waals surface area contributed by atoms with Crippen LogP contribution in [-0.4, -0.2) is 27.6 Å². The van der Waals surface area contributed by atoms with Crippen molar-refractivity contribution in [3.8, 4) is 11.4 Å². The Labute approximate surface area is 163 Å². The number of benzene rings is 1. The summed E-state index contributed by atoms with van der Waals surface area (Å²) in [5, 5.41) is 8.71. The van der Waals surface area contributed by atoms with E-state index in [9.17, 15) is 4.79 Å². The van der Waals surface area contributed by atoms with Crippen LogP contribution in [0.15, 0.2) is 31.0 Å². The average Bonchev–Trinajstić information content (AvgIpc) is 3.45. The first-order valence-electron chi connectivity index (χ1n) is 10.4. The number of fused-ring (bicyclic) bond motifs is 7. The Kier molecular flexibility index (Phi) is 3.23. The number of H-pyrrole nitrogens is 2. The number of hydrogen-bond acceptors (Lipinski definition) is 2. The molecule has 6 rings (SSSR count). The van der Waals surface area contributed by atoms with Crippen LogP contribution in [0.1, 0.15) is 48.8 Å². The maximum absolute atomic E-state index is 13.4. The molecule has 1 fully saturated rings. The Morgan fingerprint density at radius 2 is 2.04 bits per heavy atom. The SMILES string of the molecule is C=CCN1C(=O)C2(CCCC2)c2cc3[nH]c4c(c3cc21)CCCc1cn[nH]c1-4. The van der Waals surface area contributed by atoms with Gasteiger partial charge < -0.3 is 9.88 Å². The number of aromatic amines is 2. The van der Waals surface area contributed by atoms with Crippen LogP contribution in [0.4, 0.5) is 5.69 Å². The number of anilines is 1. The van der Waals surface area contributed by atoms with Gasteiger partial charge in [-0.25, -0.2) is 0 Å². The van der Waals surface area contributed by atoms with Crippen molar-refractivity contribution < 1.29 is 4.79 Å². The van der Waals surface area contributed by atoms with Crippen molar-refractivity contribution in [1.82, 2.24) is 15.2 Å². The van der Waals surface area contributed by atoms with Gasteiger partial charge in [-0.1, -0.05) is 18.9 Å². The molecule has 2 N–H and O–H groups in total. The van der Waals surface area contributed by atoms with Gasteiger partial charge in [-0.05, 0) is 60.9 Å². The lowest BCUT2D eigenvalue weighted by molar-refractivity contribution is -0.122. The largest absolute Gasteiger partial charge is 0.353 e. The molecule has 28 heavy (non-hydrogen) atoms. The fourth-order valence-corrected chi connectivity index (χ4v) is 5.79. The molecule has 3 aliphatic rings. The minimum absolute atomic E-state index is 0.273. The van der Waals surface area contributed by atoms with Gasteiger partial charge in [0.1, 0.15) is 0 Å². The normalized spacial score (nSPS) is 19.7. The van der Waals surface area contributed by atoms with E-state index in [1.807, 2.05) is 17.2 Å². The van der Waals surface area contributed by atoms with E-state index >= 15 is 0 Å². The van der Waals surface area contributed by atoms with Crippen molar-refractivity contribution in [3.05, 3.63) is 47.7 Å². The van der Waals surface area contributed by atoms with Crippen molar-refractivity contribution in [1.29, 1.82) is 0 Å². The quantitative estimate of drug-likeness (QED) is 0.655. The van der Waals surface area contributed by atoms with Crippen molar-refractivity contribution in [2.75, 3.05) is 11.4 Å². The second kappa shape index (κ2) is 5.60. The van der Waals surface area contributed by atoms with Gasteiger partial charge in [0, 0.05) is 23.1 Å². The Morgan fingerprint density at radius 3 is 2.86 bits per heavy atom. The monoisotopic (exact) mass is 372 g/mol. The number of carbonyl (C=O) groups excluding carboxylic acids is 1. The minimum atomic E-state index is -0.325. The van der Waals surface area contributed by atoms with Gasteiger partial charge >= 0.3 is 0 Å². The number of carbonyl (C=O) groups is 1. The van der Waals surface area contributed by atoms with Crippen LogP contribution in [0.5, 0.6) is 0 Å². The highest BCUT2D eigenvalue weighted by molar-refractivity contribution is 6.11. The predicted molar refractivity (Wildman–Crippen MR) is 111 cm³/mol. The van der Waals surface area contributed by atoms with Gasteiger partial charge in [0.25, 0.3) is 0 Å². The lowest BCUT2D eigenvalue weighted by Crippen LogP contribution is -2.38. The molecule has 0 saturated heterocycles. The molecule has 1 aromatic carbocycles. The summed E-state index contributed by atoms with van der Waals surface area (Å²) in [5.41, 5.74) is 8.05. The topological polar surface area (TPSA) is 64.8 Å². The first-order valence-corrected chi connectivity index (χ1v) is 10.4. The van der Waals surface area contributed by atoms with Gasteiger partial charge in [0.2, 0.25) is 5.91 Å². The van der Waals surface area contributed by atoms with E-state index in [1.165, 1.54) is 27.8 Å². The Morgan fingerprint density at radius 1 is 1.18 bits per heavy atom. The van der Waals surface area contributed by atoms with Crippen molar-refractivity contribution >= 4 is 22.5 Å². The standard InChI is InChI=1S/C23H24N4O/c1-2-10-27-19-11-16-15-7-5-6-14-13-24-26-20(14)21(15)25-18(16)12-17(19)23(22(27)28)8-3-4-9-23/h2,11-13,25H,1,3-10H2,(H,24,26). The first-order chi connectivity index (χ1) is 13.7. The molecule has 1 saturated carbocycles. The summed E-state index contributed by atoms with van der Waals surface area (Å²) in [5.74, 6) is 0.273. The minimum Gasteiger partial charge on any atom is -0.353 e. The molecule has 0 radical (unpaired) electrons. The van der Waals surface area contributed by atoms with Gasteiger partial charge in [-0.15, -0.1) is 6.58 Å². The number of amides is 1. The van der Waals surface area contributed by atoms with Crippen LogP contribution in [-0.2, 0) is 23.1 Å². The third kappa shape index (κ3) is 1.91. The molecule has 1 spiro atoms. The first kappa shape index (κ1) is 16.2. The molecule has 2 aliphatic carbocycles. The Bertz CT molecular complexity index is 1130. The molecule has 1 aliphatic heterocycles. The summed E-state index contributed by atoms with van der Waals surface area (Å²) < 4.78 is 0. The molecule has 142 valence electrons. The molecule has 3 aromatic rings. The van der Waals surface area contributed by atoms with Gasteiger partial charge in [-0.2, -0.15) is 5.10 Å². The molecule has 5 heteroatoms. The van der Waals surface area contributed by atoms with E-state index in [1.54, 1.807) is 0 Å². The van der Waals surface area contributed by atoms with E-state index in [0.717, 1.165) is 61.8 Å². The molecule has 2 aromatic heterocycles. The predicted octanol–water partition coefficient (Wildman–Crippen LogP) is 4.39. The summed E-state index contributed by atoms with van der Waals surface area (Å²) in [7, 11) is 0. The van der Waals surface area contributed by atoms with Crippen LogP contribution in [0.25, 0.3) is 22.3 Å². The van der Waals surface area contributed by atoms with Crippen LogP contribution in [0, 0.1) is 0 Å². The van der Waals surface area contributed by atoms with Gasteiger partial charge in [0.05, 0.1) is 23.0 Å². The lowest BCUT2D eigenvalue weighted by atomic mass is 9.80. The van der Waals surface area contributed by atoms with Gasteiger partial charge in [0.15, 0.2) is 0 Å². The average molecular weight is 372 g/mol. The van der Waals surface area contributed by atoms with Crippen molar-refractivity contribution in [3.63, 3.8) is 0 Å². The maximum Gasteiger partial charge on any atom is 0.238 e. The van der Waals surface area contributed by atoms with E-state index < -0.39 is 0 Å². The van der Waals surface area contributed by atoms with E-state index in [2.05, 4.69) is 33.9 Å². The molecule has 0 bridgehead atoms. The molecule has 1 amide bonds. The summed E-state index contributed by atoms with van der Waals surface area (Å²) >= 11 is 0. The number of nitrogens with zero attached hydrogens (tertiary/aromatic N) is 2. The molecular weight excluding hydrogens is 348 g/mol. The van der Waals surface area contributed by atoms with Crippen LogP contribution >= 0.6 is 0 Å². The molecule has 0 atom stereocenters. The number of aryl methyl sites for hydroxylation is 2. The number of nitrogens with one attached hydrogen (secondary N) is 2. The summed E-state index contributed by atoms with van der Waals surface area (Å²) in [4.78, 5) is 19.0. The molecule has 0 unspecified atom stereocenters. The maximum atomic E-state index is 13.4. The van der Waals surface area contributed by atoms with Crippen molar-refractivity contribution in [2.24, 2.45) is 0 Å². The van der Waals surface area contributed by atoms with Crippen LogP contribution in [0.2, 0.25) is 0 Å². The van der Waals surface area contributed by atoms with E-state index in [0.29, 0.717) is 6.54 Å². The highest BCUT2D eigenvalue weighted by atomic mass is 16.2. The van der Waals surface area contributed by atoms with Crippen molar-refractivity contribution in [2.45, 2.75) is 50.4 Å². The summed E-state index contributed by atoms with van der Waals surface area (Å²) in [6, 6.07) is 4.53. The highest BCUT2D eigenvalue weighted by Crippen LogP contribution is 2.53. The van der Waals surface area contributed by atoms with Crippen LogP contribution < -0.4 is 4.90 Å². The lowest BCUT2D eigenvalue weighted by Gasteiger charge is -2.22. The van der Waals surface area contributed by atoms with E-state index in [4.69, 9.17) is 0 Å². The molecular formula is C23H24N4O. The Hall–Kier alpha value is -2.82. The zero-order valence-electron chi connectivity index (χ0n) is 16.0. The third-order valence-corrected chi connectivity index (χ3v) is 7.09. The zero-order valence-corrected chi connectivity index (χ0v) is 16.0. The summed E-state index contributed by atoms with van der Waals surface area (Å²) in [6.07, 6.45) is 11.2. The second-order valence-electron chi connectivity index (χ2n) is 8.51. The summed E-state index contributed by atoms with van der Waals surface area (Å²) in [6.45, 7) is 4.47. The smallest absolute Gasteiger partial charge is 0.238 e. The van der Waals surface area contributed by atoms with Gasteiger partial charge in [-0.3, -0.25) is 9.89 Å². The fraction of sp³-hybridized carbons (Fsp3) is 0.391. The van der Waals surface area contributed by atoms with E-state index in [-0.39, 0.29) is 11.3 Å². The van der Waals surface area contributed by atoms with Crippen LogP contribution in [0.3, 0.4) is 0 Å². The fourth-order valence-electron chi connectivity index (χ4n) is 5.79. The molecule has 3 heterocycles. The number of aromatic nitrogens is 3. The molecule has 5 nitrogen and oxygen atoms in total.